The van der Waals surface area contributed by atoms with Gasteiger partial charge in [-0.2, -0.15) is 4.98 Å². The van der Waals surface area contributed by atoms with Gasteiger partial charge in [0.2, 0.25) is 11.1 Å². The predicted octanol–water partition coefficient (Wildman–Crippen LogP) is 5.26. The largest absolute Gasteiger partial charge is 0.493 e. The van der Waals surface area contributed by atoms with Crippen LogP contribution in [-0.2, 0) is 16.0 Å². The highest BCUT2D eigenvalue weighted by Gasteiger charge is 2.35. The van der Waals surface area contributed by atoms with Gasteiger partial charge in [-0.15, -0.1) is 5.10 Å². The van der Waals surface area contributed by atoms with Gasteiger partial charge < -0.3 is 19.5 Å². The molecule has 1 unspecified atom stereocenters. The number of carbonyl (C=O) groups is 1. The number of carbonyl (C=O) groups excluding carboxylic acids is 1. The second-order valence-corrected chi connectivity index (χ2v) is 9.52. The van der Waals surface area contributed by atoms with Crippen LogP contribution in [0.2, 0.25) is 0 Å². The Bertz CT molecular complexity index is 1230. The number of methoxy groups -OCH3 is 1. The van der Waals surface area contributed by atoms with Gasteiger partial charge in [0.25, 0.3) is 0 Å². The molecule has 0 amide bonds. The lowest BCUT2D eigenvalue weighted by atomic mass is 9.95. The number of hydrogen-bond donors (Lipinski definition) is 1. The van der Waals surface area contributed by atoms with Crippen LogP contribution >= 0.6 is 11.8 Å². The zero-order chi connectivity index (χ0) is 25.5. The molecule has 3 aromatic rings. The molecule has 8 nitrogen and oxygen atoms in total. The van der Waals surface area contributed by atoms with Crippen LogP contribution in [0.1, 0.15) is 44.4 Å². The summed E-state index contributed by atoms with van der Waals surface area (Å²) in [5.74, 6) is 2.28. The molecule has 1 N–H and O–H groups in total. The maximum Gasteiger partial charge on any atom is 0.338 e. The summed E-state index contributed by atoms with van der Waals surface area (Å²) in [7, 11) is 1.61. The Labute approximate surface area is 216 Å². The van der Waals surface area contributed by atoms with Crippen molar-refractivity contribution < 1.29 is 19.0 Å². The standard InChI is InChI=1S/C27H32N4O4S/c1-5-15-35-25(32)23-18(3)28-26-29-27(36-6-2)30-31(26)24(23)20-12-13-21(22(17-20)33-4)34-16-14-19-10-8-7-9-11-19/h7-13,17,24H,5-6,14-16H2,1-4H3,(H,28,29,30). The first-order valence-electron chi connectivity index (χ1n) is 12.1. The maximum atomic E-state index is 13.1. The summed E-state index contributed by atoms with van der Waals surface area (Å²) >= 11 is 1.55. The van der Waals surface area contributed by atoms with Crippen molar-refractivity contribution in [3.63, 3.8) is 0 Å². The van der Waals surface area contributed by atoms with Crippen LogP contribution in [0.3, 0.4) is 0 Å². The summed E-state index contributed by atoms with van der Waals surface area (Å²) in [4.78, 5) is 17.8. The first kappa shape index (κ1) is 25.6. The Morgan fingerprint density at radius 2 is 1.92 bits per heavy atom. The lowest BCUT2D eigenvalue weighted by Crippen LogP contribution is -2.29. The van der Waals surface area contributed by atoms with Crippen LogP contribution < -0.4 is 14.8 Å². The molecule has 0 fully saturated rings. The highest BCUT2D eigenvalue weighted by molar-refractivity contribution is 7.99. The van der Waals surface area contributed by atoms with E-state index in [0.717, 1.165) is 24.2 Å². The quantitative estimate of drug-likeness (QED) is 0.277. The molecular weight excluding hydrogens is 476 g/mol. The smallest absolute Gasteiger partial charge is 0.338 e. The lowest BCUT2D eigenvalue weighted by molar-refractivity contribution is -0.139. The number of fused-ring (bicyclic) bond motifs is 1. The van der Waals surface area contributed by atoms with E-state index in [9.17, 15) is 4.79 Å². The van der Waals surface area contributed by atoms with Crippen LogP contribution in [0.15, 0.2) is 65.0 Å². The summed E-state index contributed by atoms with van der Waals surface area (Å²) in [6.07, 6.45) is 1.53. The zero-order valence-electron chi connectivity index (χ0n) is 21.1. The molecule has 0 saturated heterocycles. The van der Waals surface area contributed by atoms with Crippen molar-refractivity contribution in [2.24, 2.45) is 0 Å². The number of anilines is 1. The van der Waals surface area contributed by atoms with Crippen LogP contribution in [0.25, 0.3) is 0 Å². The average Bonchev–Trinajstić information content (AvgIpc) is 3.29. The minimum absolute atomic E-state index is 0.348. The molecule has 2 aromatic carbocycles. The van der Waals surface area contributed by atoms with Gasteiger partial charge >= 0.3 is 5.97 Å². The molecule has 1 aliphatic rings. The molecule has 1 aromatic heterocycles. The van der Waals surface area contributed by atoms with Gasteiger partial charge in [0, 0.05) is 12.1 Å². The fourth-order valence-electron chi connectivity index (χ4n) is 4.06. The van der Waals surface area contributed by atoms with Crippen molar-refractivity contribution in [3.8, 4) is 11.5 Å². The molecule has 0 spiro atoms. The third-order valence-corrected chi connectivity index (χ3v) is 6.48. The van der Waals surface area contributed by atoms with Crippen LogP contribution in [0.4, 0.5) is 5.95 Å². The van der Waals surface area contributed by atoms with Gasteiger partial charge in [0.15, 0.2) is 11.5 Å². The van der Waals surface area contributed by atoms with E-state index in [1.54, 1.807) is 23.6 Å². The Balaban J connectivity index is 1.66. The van der Waals surface area contributed by atoms with Crippen molar-refractivity contribution in [3.05, 3.63) is 70.9 Å². The van der Waals surface area contributed by atoms with Crippen LogP contribution in [-0.4, -0.2) is 46.8 Å². The summed E-state index contributed by atoms with van der Waals surface area (Å²) < 4.78 is 19.0. The van der Waals surface area contributed by atoms with Crippen LogP contribution in [0.5, 0.6) is 11.5 Å². The highest BCUT2D eigenvalue weighted by Crippen LogP contribution is 2.39. The Hall–Kier alpha value is -3.46. The molecule has 0 bridgehead atoms. The van der Waals surface area contributed by atoms with Crippen molar-refractivity contribution in [1.82, 2.24) is 14.8 Å². The minimum atomic E-state index is -0.517. The molecule has 9 heteroatoms. The van der Waals surface area contributed by atoms with Crippen molar-refractivity contribution in [2.75, 3.05) is 31.4 Å². The van der Waals surface area contributed by atoms with Gasteiger partial charge in [-0.1, -0.05) is 62.0 Å². The van der Waals surface area contributed by atoms with Gasteiger partial charge in [-0.3, -0.25) is 0 Å². The Morgan fingerprint density at radius 1 is 1.11 bits per heavy atom. The number of allylic oxidation sites excluding steroid dienone is 1. The molecule has 0 radical (unpaired) electrons. The summed E-state index contributed by atoms with van der Waals surface area (Å²) in [5.41, 5.74) is 3.22. The van der Waals surface area contributed by atoms with Gasteiger partial charge in [0.05, 0.1) is 25.9 Å². The number of nitrogens with zero attached hydrogens (tertiary/aromatic N) is 3. The number of nitrogens with one attached hydrogen (secondary N) is 1. The molecule has 36 heavy (non-hydrogen) atoms. The number of aromatic nitrogens is 3. The molecule has 0 aliphatic carbocycles. The fourth-order valence-corrected chi connectivity index (χ4v) is 4.62. The Kier molecular flexibility index (Phi) is 8.53. The highest BCUT2D eigenvalue weighted by atomic mass is 32.2. The topological polar surface area (TPSA) is 87.5 Å². The fraction of sp³-hybridized carbons (Fsp3) is 0.370. The van der Waals surface area contributed by atoms with E-state index in [1.807, 2.05) is 57.2 Å². The first-order chi connectivity index (χ1) is 17.5. The Morgan fingerprint density at radius 3 is 2.64 bits per heavy atom. The van der Waals surface area contributed by atoms with E-state index in [2.05, 4.69) is 22.4 Å². The van der Waals surface area contributed by atoms with E-state index in [-0.39, 0.29) is 5.97 Å². The van der Waals surface area contributed by atoms with Gasteiger partial charge in [-0.25, -0.2) is 9.48 Å². The van der Waals surface area contributed by atoms with Gasteiger partial charge in [0.1, 0.15) is 6.04 Å². The number of benzene rings is 2. The van der Waals surface area contributed by atoms with Crippen molar-refractivity contribution >= 4 is 23.7 Å². The predicted molar refractivity (Wildman–Crippen MR) is 141 cm³/mol. The first-order valence-corrected chi connectivity index (χ1v) is 13.1. The lowest BCUT2D eigenvalue weighted by Gasteiger charge is -2.28. The number of ether oxygens (including phenoxy) is 3. The van der Waals surface area contributed by atoms with E-state index in [4.69, 9.17) is 19.3 Å². The van der Waals surface area contributed by atoms with E-state index in [1.165, 1.54) is 5.56 Å². The van der Waals surface area contributed by atoms with Crippen molar-refractivity contribution in [1.29, 1.82) is 0 Å². The van der Waals surface area contributed by atoms with E-state index in [0.29, 0.717) is 47.1 Å². The molecule has 1 atom stereocenters. The second kappa shape index (κ2) is 12.0. The monoisotopic (exact) mass is 508 g/mol. The number of thioether (sulfide) groups is 1. The second-order valence-electron chi connectivity index (χ2n) is 8.29. The molecule has 4 rings (SSSR count). The average molecular weight is 509 g/mol. The SMILES string of the molecule is CCCOC(=O)C1=C(C)Nc2nc(SCC)nn2C1c1ccc(OCCc2ccccc2)c(OC)c1. The normalized spacial score (nSPS) is 14.7. The minimum Gasteiger partial charge on any atom is -0.493 e. The molecule has 2 heterocycles. The summed E-state index contributed by atoms with van der Waals surface area (Å²) in [5, 5.41) is 8.57. The van der Waals surface area contributed by atoms with Crippen molar-refractivity contribution in [2.45, 2.75) is 44.8 Å². The number of esters is 1. The third-order valence-electron chi connectivity index (χ3n) is 5.76. The zero-order valence-corrected chi connectivity index (χ0v) is 21.9. The molecule has 190 valence electrons. The van der Waals surface area contributed by atoms with E-state index < -0.39 is 6.04 Å². The molecule has 1 aliphatic heterocycles. The van der Waals surface area contributed by atoms with E-state index >= 15 is 0 Å². The van der Waals surface area contributed by atoms with Crippen LogP contribution in [0, 0.1) is 0 Å². The molecule has 0 saturated carbocycles. The summed E-state index contributed by atoms with van der Waals surface area (Å²) in [6, 6.07) is 15.4. The summed E-state index contributed by atoms with van der Waals surface area (Å²) in [6.45, 7) is 6.75. The number of rotatable bonds is 11. The number of hydrogen-bond acceptors (Lipinski definition) is 8. The van der Waals surface area contributed by atoms with Gasteiger partial charge in [-0.05, 0) is 42.4 Å². The third kappa shape index (κ3) is 5.67. The molecular formula is C27H32N4O4S. The maximum absolute atomic E-state index is 13.1.